The van der Waals surface area contributed by atoms with Gasteiger partial charge in [-0.2, -0.15) is 26.3 Å². The summed E-state index contributed by atoms with van der Waals surface area (Å²) in [5.74, 6) is 0.513. The highest BCUT2D eigenvalue weighted by atomic mass is 19.4. The number of hydrogen-bond donors (Lipinski definition) is 2. The van der Waals surface area contributed by atoms with Gasteiger partial charge in [-0.25, -0.2) is 4.79 Å². The smallest absolute Gasteiger partial charge is 0.416 e. The molecule has 3 aromatic carbocycles. The third-order valence-corrected chi connectivity index (χ3v) is 6.51. The highest BCUT2D eigenvalue weighted by molar-refractivity contribution is 5.96. The lowest BCUT2D eigenvalue weighted by Crippen LogP contribution is -2.51. The predicted molar refractivity (Wildman–Crippen MR) is 129 cm³/mol. The molecule has 0 saturated carbocycles. The fraction of sp³-hybridized carbons (Fsp3) is 0.296. The standard InChI is InChI=1S/C27H24F6N2O4/c1-16(17-12-19(26(28,29)30)14-20(13-17)27(31,32)33)39-15-25(18-6-4-3-5-7-18)23(36)35(24(37)34-25)21-8-10-22(38-2)11-9-21/h3-14,16,23,36H,15H2,1-2H3,(H,34,37)/t16-,23?,25-/m1/s1. The number of anilines is 1. The molecule has 1 unspecified atom stereocenters. The van der Waals surface area contributed by atoms with Crippen LogP contribution < -0.4 is 15.0 Å². The van der Waals surface area contributed by atoms with Crippen LogP contribution in [-0.4, -0.2) is 31.1 Å². The van der Waals surface area contributed by atoms with Crippen molar-refractivity contribution in [1.82, 2.24) is 5.32 Å². The van der Waals surface area contributed by atoms with Gasteiger partial charge in [0.15, 0.2) is 6.23 Å². The zero-order valence-corrected chi connectivity index (χ0v) is 20.7. The molecule has 3 atom stereocenters. The van der Waals surface area contributed by atoms with Crippen molar-refractivity contribution in [2.45, 2.75) is 37.1 Å². The maximum absolute atomic E-state index is 13.4. The van der Waals surface area contributed by atoms with Gasteiger partial charge >= 0.3 is 18.4 Å². The quantitative estimate of drug-likeness (QED) is 0.339. The molecule has 12 heteroatoms. The van der Waals surface area contributed by atoms with Crippen LogP contribution in [0, 0.1) is 0 Å². The van der Waals surface area contributed by atoms with Crippen LogP contribution in [0.15, 0.2) is 72.8 Å². The lowest BCUT2D eigenvalue weighted by Gasteiger charge is -2.34. The van der Waals surface area contributed by atoms with Crippen LogP contribution in [0.25, 0.3) is 0 Å². The first-order valence-corrected chi connectivity index (χ1v) is 11.7. The number of rotatable bonds is 7. The summed E-state index contributed by atoms with van der Waals surface area (Å²) < 4.78 is 91.1. The van der Waals surface area contributed by atoms with Crippen LogP contribution in [0.4, 0.5) is 36.8 Å². The average Bonchev–Trinajstić information content (AvgIpc) is 3.16. The van der Waals surface area contributed by atoms with E-state index in [9.17, 15) is 36.2 Å². The van der Waals surface area contributed by atoms with E-state index in [4.69, 9.17) is 9.47 Å². The number of carbonyl (C=O) groups is 1. The number of ether oxygens (including phenoxy) is 2. The maximum Gasteiger partial charge on any atom is 0.416 e. The number of carbonyl (C=O) groups excluding carboxylic acids is 1. The number of hydrogen-bond acceptors (Lipinski definition) is 4. The van der Waals surface area contributed by atoms with Gasteiger partial charge in [-0.15, -0.1) is 0 Å². The van der Waals surface area contributed by atoms with E-state index in [0.29, 0.717) is 29.1 Å². The second-order valence-electron chi connectivity index (χ2n) is 9.00. The van der Waals surface area contributed by atoms with E-state index in [1.807, 2.05) is 0 Å². The van der Waals surface area contributed by atoms with Gasteiger partial charge in [-0.05, 0) is 60.5 Å². The minimum Gasteiger partial charge on any atom is -0.497 e. The van der Waals surface area contributed by atoms with E-state index < -0.39 is 54.0 Å². The van der Waals surface area contributed by atoms with Gasteiger partial charge in [0.2, 0.25) is 0 Å². The summed E-state index contributed by atoms with van der Waals surface area (Å²) in [4.78, 5) is 14.1. The lowest BCUT2D eigenvalue weighted by atomic mass is 9.89. The van der Waals surface area contributed by atoms with E-state index >= 15 is 0 Å². The summed E-state index contributed by atoms with van der Waals surface area (Å²) in [6.45, 7) is 0.814. The summed E-state index contributed by atoms with van der Waals surface area (Å²) in [5.41, 5.74) is -4.19. The highest BCUT2D eigenvalue weighted by Crippen LogP contribution is 2.40. The Morgan fingerprint density at radius 3 is 2.03 bits per heavy atom. The Morgan fingerprint density at radius 2 is 1.51 bits per heavy atom. The number of halogens is 6. The molecule has 39 heavy (non-hydrogen) atoms. The zero-order valence-electron chi connectivity index (χ0n) is 20.7. The SMILES string of the molecule is COc1ccc(N2C(=O)N[C@](CO[C@H](C)c3cc(C(F)(F)F)cc(C(F)(F)F)c3)(c3ccccc3)C2O)cc1. The number of amides is 2. The van der Waals surface area contributed by atoms with Crippen molar-refractivity contribution in [1.29, 1.82) is 0 Å². The molecule has 4 rings (SSSR count). The van der Waals surface area contributed by atoms with Crippen molar-refractivity contribution >= 4 is 11.7 Å². The largest absolute Gasteiger partial charge is 0.497 e. The molecule has 2 amide bonds. The summed E-state index contributed by atoms with van der Waals surface area (Å²) in [6.07, 6.45) is -12.9. The molecule has 0 aromatic heterocycles. The number of aliphatic hydroxyl groups excluding tert-OH is 1. The number of methoxy groups -OCH3 is 1. The molecular weight excluding hydrogens is 530 g/mol. The highest BCUT2D eigenvalue weighted by Gasteiger charge is 2.53. The second-order valence-corrected chi connectivity index (χ2v) is 9.00. The average molecular weight is 554 g/mol. The van der Waals surface area contributed by atoms with Gasteiger partial charge in [0.05, 0.1) is 30.9 Å². The molecule has 0 spiro atoms. The monoisotopic (exact) mass is 554 g/mol. The van der Waals surface area contributed by atoms with Crippen molar-refractivity contribution in [3.05, 3.63) is 95.1 Å². The number of alkyl halides is 6. The van der Waals surface area contributed by atoms with Crippen molar-refractivity contribution in [3.8, 4) is 5.75 Å². The summed E-state index contributed by atoms with van der Waals surface area (Å²) in [6, 6.07) is 15.0. The molecule has 0 bridgehead atoms. The number of nitrogens with one attached hydrogen (secondary N) is 1. The van der Waals surface area contributed by atoms with Gasteiger partial charge < -0.3 is 19.9 Å². The molecule has 208 valence electrons. The van der Waals surface area contributed by atoms with E-state index in [1.165, 1.54) is 14.0 Å². The normalized spacial score (nSPS) is 20.6. The molecule has 1 aliphatic heterocycles. The van der Waals surface area contributed by atoms with Gasteiger partial charge in [-0.3, -0.25) is 4.90 Å². The van der Waals surface area contributed by atoms with Crippen LogP contribution in [0.5, 0.6) is 5.75 Å². The van der Waals surface area contributed by atoms with Gasteiger partial charge in [0.1, 0.15) is 11.3 Å². The molecule has 2 N–H and O–H groups in total. The summed E-state index contributed by atoms with van der Waals surface area (Å²) in [5, 5.41) is 14.1. The summed E-state index contributed by atoms with van der Waals surface area (Å²) in [7, 11) is 1.47. The molecule has 1 aliphatic rings. The van der Waals surface area contributed by atoms with Gasteiger partial charge in [0.25, 0.3) is 0 Å². The third-order valence-electron chi connectivity index (χ3n) is 6.51. The third kappa shape index (κ3) is 5.66. The maximum atomic E-state index is 13.4. The van der Waals surface area contributed by atoms with E-state index in [2.05, 4.69) is 5.32 Å². The van der Waals surface area contributed by atoms with Crippen molar-refractivity contribution in [3.63, 3.8) is 0 Å². The first-order chi connectivity index (χ1) is 18.3. The predicted octanol–water partition coefficient (Wildman–Crippen LogP) is 6.25. The molecule has 3 aromatic rings. The number of urea groups is 1. The van der Waals surface area contributed by atoms with Gasteiger partial charge in [0, 0.05) is 5.69 Å². The Bertz CT molecular complexity index is 1280. The summed E-state index contributed by atoms with van der Waals surface area (Å²) >= 11 is 0. The fourth-order valence-corrected chi connectivity index (χ4v) is 4.37. The minimum absolute atomic E-state index is 0.0371. The number of aliphatic hydroxyl groups is 1. The van der Waals surface area contributed by atoms with Crippen LogP contribution in [0.3, 0.4) is 0 Å². The lowest BCUT2D eigenvalue weighted by molar-refractivity contribution is -0.143. The Hall–Kier alpha value is -3.77. The molecule has 1 fully saturated rings. The second kappa shape index (κ2) is 10.4. The van der Waals surface area contributed by atoms with Crippen LogP contribution in [-0.2, 0) is 22.6 Å². The van der Waals surface area contributed by atoms with Crippen LogP contribution in [0.1, 0.15) is 35.3 Å². The van der Waals surface area contributed by atoms with Crippen LogP contribution in [0.2, 0.25) is 0 Å². The Morgan fingerprint density at radius 1 is 0.949 bits per heavy atom. The Kier molecular flexibility index (Phi) is 7.55. The molecule has 1 saturated heterocycles. The molecule has 6 nitrogen and oxygen atoms in total. The minimum atomic E-state index is -5.02. The topological polar surface area (TPSA) is 71.0 Å². The molecule has 0 radical (unpaired) electrons. The number of nitrogens with zero attached hydrogens (tertiary/aromatic N) is 1. The Balaban J connectivity index is 1.68. The molecule has 1 heterocycles. The molecule has 0 aliphatic carbocycles. The first kappa shape index (κ1) is 28.2. The van der Waals surface area contributed by atoms with Crippen LogP contribution >= 0.6 is 0 Å². The Labute approximate surface area is 219 Å². The van der Waals surface area contributed by atoms with Crippen molar-refractivity contribution < 1.29 is 45.7 Å². The van der Waals surface area contributed by atoms with Crippen molar-refractivity contribution in [2.75, 3.05) is 18.6 Å². The number of benzene rings is 3. The fourth-order valence-electron chi connectivity index (χ4n) is 4.37. The van der Waals surface area contributed by atoms with E-state index in [-0.39, 0.29) is 11.6 Å². The van der Waals surface area contributed by atoms with E-state index in [1.54, 1.807) is 54.6 Å². The first-order valence-electron chi connectivity index (χ1n) is 11.7. The van der Waals surface area contributed by atoms with Gasteiger partial charge in [-0.1, -0.05) is 30.3 Å². The zero-order chi connectivity index (χ0) is 28.6. The van der Waals surface area contributed by atoms with Crippen molar-refractivity contribution in [2.24, 2.45) is 0 Å². The van der Waals surface area contributed by atoms with E-state index in [0.717, 1.165) is 4.90 Å². The molecular formula is C27H24F6N2O4.